The first kappa shape index (κ1) is 18.0. The number of thiophene rings is 1. The van der Waals surface area contributed by atoms with Crippen LogP contribution in [-0.4, -0.2) is 17.9 Å². The molecule has 1 heterocycles. The summed E-state index contributed by atoms with van der Waals surface area (Å²) >= 11 is 1.36. The second-order valence-corrected chi connectivity index (χ2v) is 6.85. The van der Waals surface area contributed by atoms with Gasteiger partial charge in [-0.1, -0.05) is 19.1 Å². The van der Waals surface area contributed by atoms with E-state index in [1.54, 1.807) is 13.0 Å². The van der Waals surface area contributed by atoms with Crippen molar-refractivity contribution in [3.63, 3.8) is 0 Å². The fraction of sp³-hybridized carbons (Fsp3) is 0.333. The van der Waals surface area contributed by atoms with Gasteiger partial charge in [0.25, 0.3) is 11.8 Å². The third-order valence-electron chi connectivity index (χ3n) is 3.72. The molecular weight excluding hydrogens is 324 g/mol. The quantitative estimate of drug-likeness (QED) is 0.841. The summed E-state index contributed by atoms with van der Waals surface area (Å²) in [7, 11) is 0. The maximum absolute atomic E-state index is 12.4. The van der Waals surface area contributed by atoms with Crippen molar-refractivity contribution in [1.82, 2.24) is 0 Å². The Kier molecular flexibility index (Phi) is 5.62. The number of hydrogen-bond donors (Lipinski definition) is 2. The Balaban J connectivity index is 2.16. The fourth-order valence-corrected chi connectivity index (χ4v) is 3.67. The zero-order valence-electron chi connectivity index (χ0n) is 14.3. The number of nitrogens with two attached hydrogens (primary N) is 1. The number of carbonyl (C=O) groups excluding carboxylic acids is 2. The van der Waals surface area contributed by atoms with Crippen molar-refractivity contribution >= 4 is 28.2 Å². The number of primary amides is 1. The molecule has 2 amide bonds. The maximum Gasteiger partial charge on any atom is 0.265 e. The average Bonchev–Trinajstić information content (AvgIpc) is 2.82. The first-order chi connectivity index (χ1) is 11.3. The number of aryl methyl sites for hydroxylation is 2. The Morgan fingerprint density at radius 2 is 2.04 bits per heavy atom. The van der Waals surface area contributed by atoms with Crippen LogP contribution in [0.2, 0.25) is 0 Å². The van der Waals surface area contributed by atoms with Gasteiger partial charge < -0.3 is 15.8 Å². The van der Waals surface area contributed by atoms with Crippen molar-refractivity contribution in [2.75, 3.05) is 5.32 Å². The van der Waals surface area contributed by atoms with Crippen molar-refractivity contribution in [3.05, 3.63) is 45.8 Å². The molecule has 0 aliphatic carbocycles. The average molecular weight is 346 g/mol. The molecule has 6 heteroatoms. The minimum Gasteiger partial charge on any atom is -0.481 e. The predicted octanol–water partition coefficient (Wildman–Crippen LogP) is 3.43. The highest BCUT2D eigenvalue weighted by Crippen LogP contribution is 2.33. The number of benzene rings is 1. The van der Waals surface area contributed by atoms with Gasteiger partial charge in [-0.2, -0.15) is 0 Å². The number of amides is 2. The molecular formula is C18H22N2O3S. The van der Waals surface area contributed by atoms with Crippen LogP contribution in [-0.2, 0) is 11.2 Å². The van der Waals surface area contributed by atoms with E-state index in [9.17, 15) is 9.59 Å². The van der Waals surface area contributed by atoms with Crippen molar-refractivity contribution < 1.29 is 14.3 Å². The minimum atomic E-state index is -0.694. The van der Waals surface area contributed by atoms with E-state index in [0.717, 1.165) is 16.0 Å². The van der Waals surface area contributed by atoms with Gasteiger partial charge in [-0.05, 0) is 50.5 Å². The van der Waals surface area contributed by atoms with Gasteiger partial charge in [0.15, 0.2) is 6.10 Å². The normalized spacial score (nSPS) is 11.8. The van der Waals surface area contributed by atoms with Crippen LogP contribution in [0.4, 0.5) is 5.00 Å². The zero-order valence-corrected chi connectivity index (χ0v) is 15.1. The Morgan fingerprint density at radius 3 is 2.62 bits per heavy atom. The molecule has 2 rings (SSSR count). The van der Waals surface area contributed by atoms with E-state index in [0.29, 0.717) is 22.7 Å². The SMILES string of the molecule is CCc1c(C)sc(NC(=O)C(C)Oc2cccc(C)c2)c1C(N)=O. The van der Waals surface area contributed by atoms with Crippen LogP contribution in [0.3, 0.4) is 0 Å². The van der Waals surface area contributed by atoms with Gasteiger partial charge in [-0.15, -0.1) is 11.3 Å². The molecule has 0 spiro atoms. The maximum atomic E-state index is 12.4. The van der Waals surface area contributed by atoms with Crippen molar-refractivity contribution in [2.24, 2.45) is 5.73 Å². The summed E-state index contributed by atoms with van der Waals surface area (Å²) in [5, 5.41) is 3.26. The van der Waals surface area contributed by atoms with E-state index in [2.05, 4.69) is 5.32 Å². The van der Waals surface area contributed by atoms with Crippen LogP contribution in [0.1, 0.15) is 40.2 Å². The summed E-state index contributed by atoms with van der Waals surface area (Å²) in [6, 6.07) is 7.49. The number of hydrogen-bond acceptors (Lipinski definition) is 4. The monoisotopic (exact) mass is 346 g/mol. The molecule has 0 aliphatic rings. The van der Waals surface area contributed by atoms with Gasteiger partial charge >= 0.3 is 0 Å². The van der Waals surface area contributed by atoms with E-state index in [-0.39, 0.29) is 5.91 Å². The molecule has 0 bridgehead atoms. The predicted molar refractivity (Wildman–Crippen MR) is 96.9 cm³/mol. The van der Waals surface area contributed by atoms with Crippen LogP contribution < -0.4 is 15.8 Å². The lowest BCUT2D eigenvalue weighted by molar-refractivity contribution is -0.122. The first-order valence-electron chi connectivity index (χ1n) is 7.79. The lowest BCUT2D eigenvalue weighted by Gasteiger charge is -2.15. The largest absolute Gasteiger partial charge is 0.481 e. The zero-order chi connectivity index (χ0) is 17.9. The highest BCUT2D eigenvalue weighted by molar-refractivity contribution is 7.16. The molecule has 0 aliphatic heterocycles. The molecule has 1 atom stereocenters. The standard InChI is InChI=1S/C18H22N2O3S/c1-5-14-12(4)24-18(15(14)16(19)21)20-17(22)11(3)23-13-8-6-7-10(2)9-13/h6-9,11H,5H2,1-4H3,(H2,19,21)(H,20,22). The Hall–Kier alpha value is -2.34. The molecule has 2 aromatic rings. The van der Waals surface area contributed by atoms with Gasteiger partial charge in [0.2, 0.25) is 0 Å². The van der Waals surface area contributed by atoms with Crippen molar-refractivity contribution in [3.8, 4) is 5.75 Å². The van der Waals surface area contributed by atoms with E-state index in [1.165, 1.54) is 11.3 Å². The molecule has 1 aromatic carbocycles. The van der Waals surface area contributed by atoms with E-state index in [1.807, 2.05) is 39.0 Å². The molecule has 1 unspecified atom stereocenters. The fourth-order valence-electron chi connectivity index (χ4n) is 2.51. The highest BCUT2D eigenvalue weighted by atomic mass is 32.1. The van der Waals surface area contributed by atoms with Gasteiger partial charge in [0.05, 0.1) is 5.56 Å². The Labute approximate surface area is 145 Å². The summed E-state index contributed by atoms with van der Waals surface area (Å²) in [5.74, 6) is -0.217. The van der Waals surface area contributed by atoms with Crippen molar-refractivity contribution in [2.45, 2.75) is 40.2 Å². The topological polar surface area (TPSA) is 81.4 Å². The number of anilines is 1. The van der Waals surface area contributed by atoms with Gasteiger partial charge in [-0.25, -0.2) is 0 Å². The first-order valence-corrected chi connectivity index (χ1v) is 8.61. The summed E-state index contributed by atoms with van der Waals surface area (Å²) in [6.07, 6.45) is -0.00810. The van der Waals surface area contributed by atoms with Crippen LogP contribution >= 0.6 is 11.3 Å². The summed E-state index contributed by atoms with van der Waals surface area (Å²) in [6.45, 7) is 7.50. The Bertz CT molecular complexity index is 768. The van der Waals surface area contributed by atoms with Gasteiger partial charge in [-0.3, -0.25) is 9.59 Å². The van der Waals surface area contributed by atoms with Crippen LogP contribution in [0, 0.1) is 13.8 Å². The molecule has 5 nitrogen and oxygen atoms in total. The smallest absolute Gasteiger partial charge is 0.265 e. The third-order valence-corrected chi connectivity index (χ3v) is 4.78. The molecule has 24 heavy (non-hydrogen) atoms. The molecule has 3 N–H and O–H groups in total. The van der Waals surface area contributed by atoms with E-state index < -0.39 is 12.0 Å². The highest BCUT2D eigenvalue weighted by Gasteiger charge is 2.23. The summed E-state index contributed by atoms with van der Waals surface area (Å²) < 4.78 is 5.67. The molecule has 0 radical (unpaired) electrons. The van der Waals surface area contributed by atoms with Gasteiger partial charge in [0.1, 0.15) is 10.8 Å². The molecule has 0 saturated heterocycles. The minimum absolute atomic E-state index is 0.317. The summed E-state index contributed by atoms with van der Waals surface area (Å²) in [4.78, 5) is 25.1. The van der Waals surface area contributed by atoms with Crippen LogP contribution in [0.25, 0.3) is 0 Å². The number of rotatable bonds is 6. The van der Waals surface area contributed by atoms with Gasteiger partial charge in [0, 0.05) is 4.88 Å². The second-order valence-electron chi connectivity index (χ2n) is 5.62. The molecule has 1 aromatic heterocycles. The lowest BCUT2D eigenvalue weighted by atomic mass is 10.1. The van der Waals surface area contributed by atoms with Crippen LogP contribution in [0.5, 0.6) is 5.75 Å². The molecule has 0 saturated carbocycles. The third kappa shape index (κ3) is 3.94. The number of carbonyl (C=O) groups is 2. The Morgan fingerprint density at radius 1 is 1.33 bits per heavy atom. The molecule has 128 valence electrons. The van der Waals surface area contributed by atoms with E-state index >= 15 is 0 Å². The van der Waals surface area contributed by atoms with Crippen molar-refractivity contribution in [1.29, 1.82) is 0 Å². The number of nitrogens with one attached hydrogen (secondary N) is 1. The van der Waals surface area contributed by atoms with Crippen LogP contribution in [0.15, 0.2) is 24.3 Å². The lowest BCUT2D eigenvalue weighted by Crippen LogP contribution is -2.30. The molecule has 0 fully saturated rings. The summed E-state index contributed by atoms with van der Waals surface area (Å²) in [5.41, 5.74) is 7.82. The second kappa shape index (κ2) is 7.49. The van der Waals surface area contributed by atoms with E-state index in [4.69, 9.17) is 10.5 Å². The number of ether oxygens (including phenoxy) is 1.